The molecule has 0 aliphatic rings. The molecule has 1 rings (SSSR count). The van der Waals surface area contributed by atoms with E-state index in [-0.39, 0.29) is 0 Å². The Morgan fingerprint density at radius 1 is 0.667 bits per heavy atom. The van der Waals surface area contributed by atoms with Gasteiger partial charge in [0.1, 0.15) is 13.2 Å². The van der Waals surface area contributed by atoms with E-state index in [1.165, 1.54) is 22.8 Å². The Kier molecular flexibility index (Phi) is 5.69. The van der Waals surface area contributed by atoms with Crippen LogP contribution in [0, 0.1) is 27.7 Å². The number of aromatic nitrogens is 2. The molecule has 1 heterocycles. The first kappa shape index (κ1) is 15.1. The predicted octanol–water partition coefficient (Wildman–Crippen LogP) is 0.788. The third-order valence-corrected chi connectivity index (χ3v) is 3.70. The normalized spacial score (nSPS) is 11.0. The summed E-state index contributed by atoms with van der Waals surface area (Å²) in [7, 11) is 3.49. The van der Waals surface area contributed by atoms with E-state index in [4.69, 9.17) is 9.47 Å². The van der Waals surface area contributed by atoms with Gasteiger partial charge in [-0.2, -0.15) is 9.13 Å². The van der Waals surface area contributed by atoms with E-state index < -0.39 is 0 Å². The summed E-state index contributed by atoms with van der Waals surface area (Å²) in [6.45, 7) is 12.0. The molecule has 0 fully saturated rings. The topological polar surface area (TPSA) is 26.2 Å². The molecule has 102 valence electrons. The van der Waals surface area contributed by atoms with Gasteiger partial charge < -0.3 is 9.47 Å². The summed E-state index contributed by atoms with van der Waals surface area (Å²) in [6, 6.07) is 0. The first-order chi connectivity index (χ1) is 8.54. The summed E-state index contributed by atoms with van der Waals surface area (Å²) >= 11 is 0. The van der Waals surface area contributed by atoms with E-state index in [2.05, 4.69) is 36.8 Å². The van der Waals surface area contributed by atoms with E-state index in [0.717, 1.165) is 26.3 Å². The number of rotatable bonds is 6. The van der Waals surface area contributed by atoms with Crippen molar-refractivity contribution in [3.8, 4) is 0 Å². The van der Waals surface area contributed by atoms with E-state index in [0.29, 0.717) is 0 Å². The maximum atomic E-state index is 5.18. The van der Waals surface area contributed by atoms with Gasteiger partial charge >= 0.3 is 0 Å². The van der Waals surface area contributed by atoms with Gasteiger partial charge in [0.2, 0.25) is 22.8 Å². The van der Waals surface area contributed by atoms with Crippen LogP contribution < -0.4 is 9.13 Å². The number of methoxy groups -OCH3 is 2. The lowest BCUT2D eigenvalue weighted by Crippen LogP contribution is -2.54. The fourth-order valence-corrected chi connectivity index (χ4v) is 2.32. The fourth-order valence-electron chi connectivity index (χ4n) is 2.32. The van der Waals surface area contributed by atoms with Crippen LogP contribution >= 0.6 is 0 Å². The highest BCUT2D eigenvalue weighted by Gasteiger charge is 2.27. The number of hydrogen-bond donors (Lipinski definition) is 0. The monoisotopic (exact) mass is 254 g/mol. The smallest absolute Gasteiger partial charge is 0.245 e. The fraction of sp³-hybridized carbons (Fsp3) is 0.714. The van der Waals surface area contributed by atoms with Crippen molar-refractivity contribution in [1.29, 1.82) is 0 Å². The highest BCUT2D eigenvalue weighted by molar-refractivity contribution is 5.02. The third kappa shape index (κ3) is 3.06. The van der Waals surface area contributed by atoms with E-state index in [1.54, 1.807) is 14.2 Å². The molecule has 0 spiro atoms. The third-order valence-electron chi connectivity index (χ3n) is 3.70. The standard InChI is InChI=1S/C14H26N2O2/c1-11-12(2)16(8-10-18-6)14(4)13(3)15(11)7-9-17-5/h7-10H2,1-6H3/q+2. The van der Waals surface area contributed by atoms with Crippen LogP contribution in [0.1, 0.15) is 22.8 Å². The Morgan fingerprint density at radius 2 is 0.944 bits per heavy atom. The van der Waals surface area contributed by atoms with Crippen molar-refractivity contribution < 1.29 is 18.6 Å². The van der Waals surface area contributed by atoms with Crippen LogP contribution in [0.2, 0.25) is 0 Å². The summed E-state index contributed by atoms with van der Waals surface area (Å²) < 4.78 is 15.0. The van der Waals surface area contributed by atoms with Gasteiger partial charge in [-0.1, -0.05) is 0 Å². The van der Waals surface area contributed by atoms with Crippen LogP contribution in [-0.2, 0) is 22.6 Å². The Morgan fingerprint density at radius 3 is 1.17 bits per heavy atom. The van der Waals surface area contributed by atoms with Gasteiger partial charge in [-0.15, -0.1) is 0 Å². The Balaban J connectivity index is 3.18. The van der Waals surface area contributed by atoms with Crippen molar-refractivity contribution in [2.45, 2.75) is 40.8 Å². The average Bonchev–Trinajstić information content (AvgIpc) is 2.37. The van der Waals surface area contributed by atoms with Gasteiger partial charge in [-0.3, -0.25) is 0 Å². The highest BCUT2D eigenvalue weighted by Crippen LogP contribution is 2.03. The zero-order chi connectivity index (χ0) is 13.7. The minimum atomic E-state index is 0.743. The largest absolute Gasteiger partial charge is 0.378 e. The number of hydrogen-bond acceptors (Lipinski definition) is 2. The first-order valence-electron chi connectivity index (χ1n) is 6.42. The molecule has 0 bridgehead atoms. The van der Waals surface area contributed by atoms with Crippen LogP contribution in [0.5, 0.6) is 0 Å². The maximum absolute atomic E-state index is 5.18. The van der Waals surface area contributed by atoms with E-state index in [1.807, 2.05) is 0 Å². The quantitative estimate of drug-likeness (QED) is 0.702. The van der Waals surface area contributed by atoms with Crippen molar-refractivity contribution in [3.63, 3.8) is 0 Å². The first-order valence-corrected chi connectivity index (χ1v) is 6.42. The second-order valence-electron chi connectivity index (χ2n) is 4.63. The van der Waals surface area contributed by atoms with E-state index >= 15 is 0 Å². The molecule has 0 saturated heterocycles. The van der Waals surface area contributed by atoms with Crippen LogP contribution in [0.4, 0.5) is 0 Å². The lowest BCUT2D eigenvalue weighted by molar-refractivity contribution is -0.767. The molecule has 0 saturated carbocycles. The lowest BCUT2D eigenvalue weighted by atomic mass is 10.2. The molecule has 0 amide bonds. The molecule has 1 aromatic rings. The maximum Gasteiger partial charge on any atom is 0.245 e. The molecule has 0 atom stereocenters. The van der Waals surface area contributed by atoms with Crippen LogP contribution in [-0.4, -0.2) is 27.4 Å². The SMILES string of the molecule is COCC[n+]1c(C)c(C)[n+](CCOC)c(C)c1C. The van der Waals surface area contributed by atoms with Crippen LogP contribution in [0.3, 0.4) is 0 Å². The summed E-state index contributed by atoms with van der Waals surface area (Å²) in [6.07, 6.45) is 0. The molecule has 1 aromatic heterocycles. The van der Waals surface area contributed by atoms with Crippen molar-refractivity contribution in [1.82, 2.24) is 0 Å². The average molecular weight is 254 g/mol. The lowest BCUT2D eigenvalue weighted by Gasteiger charge is -2.09. The second-order valence-corrected chi connectivity index (χ2v) is 4.63. The molecule has 0 aromatic carbocycles. The van der Waals surface area contributed by atoms with Crippen LogP contribution in [0.25, 0.3) is 0 Å². The summed E-state index contributed by atoms with van der Waals surface area (Å²) in [5.41, 5.74) is 5.19. The highest BCUT2D eigenvalue weighted by atomic mass is 16.5. The number of nitrogens with zero attached hydrogens (tertiary/aromatic N) is 2. The minimum absolute atomic E-state index is 0.743. The van der Waals surface area contributed by atoms with E-state index in [9.17, 15) is 0 Å². The zero-order valence-corrected chi connectivity index (χ0v) is 12.5. The molecule has 0 unspecified atom stereocenters. The summed E-state index contributed by atoms with van der Waals surface area (Å²) in [5.74, 6) is 0. The van der Waals surface area contributed by atoms with Gasteiger partial charge in [0.05, 0.1) is 0 Å². The second kappa shape index (κ2) is 6.81. The minimum Gasteiger partial charge on any atom is -0.378 e. The van der Waals surface area contributed by atoms with Gasteiger partial charge in [-0.25, -0.2) is 0 Å². The molecule has 0 aliphatic heterocycles. The van der Waals surface area contributed by atoms with Gasteiger partial charge in [0, 0.05) is 41.9 Å². The molecule has 18 heavy (non-hydrogen) atoms. The Bertz CT molecular complexity index is 349. The van der Waals surface area contributed by atoms with Gasteiger partial charge in [-0.05, 0) is 0 Å². The molecule has 0 aliphatic carbocycles. The van der Waals surface area contributed by atoms with Crippen molar-refractivity contribution in [3.05, 3.63) is 22.8 Å². The number of ether oxygens (including phenoxy) is 2. The molecule has 4 nitrogen and oxygen atoms in total. The van der Waals surface area contributed by atoms with Gasteiger partial charge in [0.15, 0.2) is 13.1 Å². The Hall–Kier alpha value is -1.00. The Labute approximate surface area is 110 Å². The van der Waals surface area contributed by atoms with Crippen molar-refractivity contribution >= 4 is 0 Å². The summed E-state index contributed by atoms with van der Waals surface area (Å²) in [5, 5.41) is 0. The molecule has 0 N–H and O–H groups in total. The van der Waals surface area contributed by atoms with Gasteiger partial charge in [0.25, 0.3) is 0 Å². The molecule has 4 heteroatoms. The van der Waals surface area contributed by atoms with Crippen molar-refractivity contribution in [2.75, 3.05) is 27.4 Å². The predicted molar refractivity (Wildman–Crippen MR) is 69.5 cm³/mol. The molecule has 0 radical (unpaired) electrons. The molecular formula is C14H26N2O2+2. The zero-order valence-electron chi connectivity index (χ0n) is 12.5. The van der Waals surface area contributed by atoms with Crippen molar-refractivity contribution in [2.24, 2.45) is 0 Å². The molecular weight excluding hydrogens is 228 g/mol. The summed E-state index contributed by atoms with van der Waals surface area (Å²) in [4.78, 5) is 0. The van der Waals surface area contributed by atoms with Crippen LogP contribution in [0.15, 0.2) is 0 Å².